The van der Waals surface area contributed by atoms with Crippen LogP contribution >= 0.6 is 23.2 Å². The molecule has 46 valence electrons. The van der Waals surface area contributed by atoms with Gasteiger partial charge in [-0.15, -0.1) is 0 Å². The summed E-state index contributed by atoms with van der Waals surface area (Å²) in [4.78, 5) is 7.16. The van der Waals surface area contributed by atoms with Crippen LogP contribution in [-0.2, 0) is 0 Å². The Labute approximate surface area is 58.2 Å². The van der Waals surface area contributed by atoms with Gasteiger partial charge in [-0.2, -0.15) is 0 Å². The molecule has 0 aliphatic rings. The quantitative estimate of drug-likeness (QED) is 0.510. The van der Waals surface area contributed by atoms with E-state index in [1.54, 1.807) is 14.1 Å². The molecule has 4 heteroatoms. The molecule has 2 nitrogen and oxygen atoms in total. The molecule has 0 unspecified atom stereocenters. The lowest BCUT2D eigenvalue weighted by Gasteiger charge is -1.86. The number of aliphatic imine (C=N–C) groups is 2. The molecule has 0 saturated carbocycles. The molecule has 0 fully saturated rings. The lowest BCUT2D eigenvalue weighted by Crippen LogP contribution is -1.97. The van der Waals surface area contributed by atoms with Gasteiger partial charge >= 0.3 is 0 Å². The van der Waals surface area contributed by atoms with Crippen molar-refractivity contribution in [3.05, 3.63) is 0 Å². The molecule has 0 amide bonds. The Morgan fingerprint density at radius 2 is 1.25 bits per heavy atom. The van der Waals surface area contributed by atoms with Crippen LogP contribution in [0.5, 0.6) is 0 Å². The lowest BCUT2D eigenvalue weighted by atomic mass is 10.8. The minimum Gasteiger partial charge on any atom is -0.274 e. The molecule has 0 spiro atoms. The summed E-state index contributed by atoms with van der Waals surface area (Å²) < 4.78 is 0. The largest absolute Gasteiger partial charge is 0.274 e. The van der Waals surface area contributed by atoms with Crippen molar-refractivity contribution in [2.75, 3.05) is 14.1 Å². The van der Waals surface area contributed by atoms with Gasteiger partial charge in [0, 0.05) is 14.1 Å². The first kappa shape index (κ1) is 7.92. The van der Waals surface area contributed by atoms with Crippen LogP contribution in [0.25, 0.3) is 0 Å². The average molecular weight is 153 g/mol. The van der Waals surface area contributed by atoms with Crippen LogP contribution in [0.4, 0.5) is 0 Å². The predicted octanol–water partition coefficient (Wildman–Crippen LogP) is 1.52. The Morgan fingerprint density at radius 1 is 1.00 bits per heavy atom. The Hall–Kier alpha value is -0.0800. The van der Waals surface area contributed by atoms with Crippen LogP contribution in [0.15, 0.2) is 9.98 Å². The summed E-state index contributed by atoms with van der Waals surface area (Å²) in [6.07, 6.45) is 0. The molecule has 0 aromatic carbocycles. The molecule has 0 bridgehead atoms. The molecule has 0 aliphatic heterocycles. The van der Waals surface area contributed by atoms with Crippen LogP contribution in [0.1, 0.15) is 0 Å². The molecule has 0 heterocycles. The first-order chi connectivity index (χ1) is 3.72. The van der Waals surface area contributed by atoms with Crippen molar-refractivity contribution in [2.24, 2.45) is 9.98 Å². The van der Waals surface area contributed by atoms with Crippen molar-refractivity contribution in [3.8, 4) is 0 Å². The van der Waals surface area contributed by atoms with Crippen molar-refractivity contribution in [1.29, 1.82) is 0 Å². The standard InChI is InChI=1S/C4H6Cl2N2/c1-7-3(5)4(6)8-2/h1-2H3. The summed E-state index contributed by atoms with van der Waals surface area (Å²) in [6, 6.07) is 0. The minimum absolute atomic E-state index is 0.245. The van der Waals surface area contributed by atoms with Crippen molar-refractivity contribution >= 4 is 33.5 Å². The molecule has 0 aromatic heterocycles. The molecule has 0 radical (unpaired) electrons. The van der Waals surface area contributed by atoms with Gasteiger partial charge in [-0.05, 0) is 0 Å². The van der Waals surface area contributed by atoms with E-state index in [4.69, 9.17) is 23.2 Å². The van der Waals surface area contributed by atoms with Gasteiger partial charge < -0.3 is 0 Å². The third-order valence-electron chi connectivity index (χ3n) is 0.563. The first-order valence-corrected chi connectivity index (χ1v) is 2.73. The van der Waals surface area contributed by atoms with Gasteiger partial charge in [-0.3, -0.25) is 9.98 Å². The van der Waals surface area contributed by atoms with Crippen molar-refractivity contribution in [1.82, 2.24) is 0 Å². The summed E-state index contributed by atoms with van der Waals surface area (Å²) in [6.45, 7) is 0. The smallest absolute Gasteiger partial charge is 0.160 e. The maximum atomic E-state index is 5.40. The van der Waals surface area contributed by atoms with Gasteiger partial charge in [0.05, 0.1) is 0 Å². The molecule has 0 aromatic rings. The van der Waals surface area contributed by atoms with Gasteiger partial charge in [0.15, 0.2) is 10.3 Å². The van der Waals surface area contributed by atoms with E-state index in [2.05, 4.69) is 9.98 Å². The van der Waals surface area contributed by atoms with Gasteiger partial charge in [0.1, 0.15) is 0 Å². The highest BCUT2D eigenvalue weighted by molar-refractivity contribution is 7.00. The van der Waals surface area contributed by atoms with E-state index in [-0.39, 0.29) is 10.3 Å². The van der Waals surface area contributed by atoms with Crippen LogP contribution < -0.4 is 0 Å². The summed E-state index contributed by atoms with van der Waals surface area (Å²) in [7, 11) is 3.10. The third kappa shape index (κ3) is 2.28. The van der Waals surface area contributed by atoms with E-state index in [1.807, 2.05) is 0 Å². The lowest BCUT2D eigenvalue weighted by molar-refractivity contribution is 1.45. The van der Waals surface area contributed by atoms with Crippen LogP contribution in [0, 0.1) is 0 Å². The molecule has 0 rings (SSSR count). The molecular weight excluding hydrogens is 147 g/mol. The average Bonchev–Trinajstić information content (AvgIpc) is 1.84. The van der Waals surface area contributed by atoms with Crippen LogP contribution in [-0.4, -0.2) is 24.4 Å². The van der Waals surface area contributed by atoms with E-state index in [0.29, 0.717) is 0 Å². The van der Waals surface area contributed by atoms with Gasteiger partial charge in [-0.1, -0.05) is 23.2 Å². The topological polar surface area (TPSA) is 24.7 Å². The summed E-state index contributed by atoms with van der Waals surface area (Å²) >= 11 is 10.8. The van der Waals surface area contributed by atoms with Crippen molar-refractivity contribution < 1.29 is 0 Å². The van der Waals surface area contributed by atoms with E-state index in [9.17, 15) is 0 Å². The summed E-state index contributed by atoms with van der Waals surface area (Å²) in [5.74, 6) is 0. The van der Waals surface area contributed by atoms with Gasteiger partial charge in [0.25, 0.3) is 0 Å². The van der Waals surface area contributed by atoms with Gasteiger partial charge in [0.2, 0.25) is 0 Å². The monoisotopic (exact) mass is 152 g/mol. The molecular formula is C4H6Cl2N2. The zero-order chi connectivity index (χ0) is 6.57. The minimum atomic E-state index is 0.245. The number of hydrogen-bond donors (Lipinski definition) is 0. The third-order valence-corrected chi connectivity index (χ3v) is 1.36. The summed E-state index contributed by atoms with van der Waals surface area (Å²) in [5, 5.41) is 0.489. The van der Waals surface area contributed by atoms with Crippen LogP contribution in [0.2, 0.25) is 0 Å². The normalized spacial score (nSPS) is 14.5. The zero-order valence-electron chi connectivity index (χ0n) is 4.65. The molecule has 0 N–H and O–H groups in total. The highest BCUT2D eigenvalue weighted by atomic mass is 35.5. The van der Waals surface area contributed by atoms with E-state index >= 15 is 0 Å². The fraction of sp³-hybridized carbons (Fsp3) is 0.500. The Kier molecular flexibility index (Phi) is 3.83. The fourth-order valence-electron chi connectivity index (χ4n) is 0.185. The Bertz CT molecular complexity index is 112. The highest BCUT2D eigenvalue weighted by Gasteiger charge is 1.95. The molecule has 8 heavy (non-hydrogen) atoms. The molecule has 0 atom stereocenters. The van der Waals surface area contributed by atoms with E-state index in [1.165, 1.54) is 0 Å². The highest BCUT2D eigenvalue weighted by Crippen LogP contribution is 1.93. The second-order valence-electron chi connectivity index (χ2n) is 1.03. The van der Waals surface area contributed by atoms with Crippen molar-refractivity contribution in [2.45, 2.75) is 0 Å². The molecule has 0 saturated heterocycles. The number of halogens is 2. The maximum absolute atomic E-state index is 5.40. The first-order valence-electron chi connectivity index (χ1n) is 1.97. The number of hydrogen-bond acceptors (Lipinski definition) is 2. The molecule has 0 aliphatic carbocycles. The second-order valence-corrected chi connectivity index (χ2v) is 1.74. The Balaban J connectivity index is 4.04. The SMILES string of the molecule is CN=C(Cl)C(Cl)=NC. The second kappa shape index (κ2) is 3.87. The number of rotatable bonds is 1. The van der Waals surface area contributed by atoms with Crippen molar-refractivity contribution in [3.63, 3.8) is 0 Å². The van der Waals surface area contributed by atoms with Gasteiger partial charge in [-0.25, -0.2) is 0 Å². The zero-order valence-corrected chi connectivity index (χ0v) is 6.16. The Morgan fingerprint density at radius 3 is 1.38 bits per heavy atom. The summed E-state index contributed by atoms with van der Waals surface area (Å²) in [5.41, 5.74) is 0. The number of nitrogens with zero attached hydrogens (tertiary/aromatic N) is 2. The van der Waals surface area contributed by atoms with Crippen LogP contribution in [0.3, 0.4) is 0 Å². The predicted molar refractivity (Wildman–Crippen MR) is 38.4 cm³/mol. The van der Waals surface area contributed by atoms with E-state index in [0.717, 1.165) is 0 Å². The fourth-order valence-corrected chi connectivity index (χ4v) is 0.354. The maximum Gasteiger partial charge on any atom is 0.160 e. The van der Waals surface area contributed by atoms with E-state index < -0.39 is 0 Å².